The van der Waals surface area contributed by atoms with E-state index in [0.717, 1.165) is 5.56 Å². The fourth-order valence-electron chi connectivity index (χ4n) is 0.983. The minimum absolute atomic E-state index is 0.128. The van der Waals surface area contributed by atoms with Gasteiger partial charge in [0.1, 0.15) is 0 Å². The van der Waals surface area contributed by atoms with Crippen LogP contribution in [0.4, 0.5) is 4.79 Å². The van der Waals surface area contributed by atoms with Gasteiger partial charge in [-0.05, 0) is 24.6 Å². The smallest absolute Gasteiger partial charge is 0.409 e. The molecule has 15 heavy (non-hydrogen) atoms. The van der Waals surface area contributed by atoms with E-state index in [1.54, 1.807) is 12.1 Å². The second kappa shape index (κ2) is 5.58. The molecular weight excluding hydrogens is 218 g/mol. The average molecular weight is 230 g/mol. The summed E-state index contributed by atoms with van der Waals surface area (Å²) in [6.45, 7) is 1.90. The van der Waals surface area contributed by atoms with Crippen molar-refractivity contribution in [2.24, 2.45) is 0 Å². The fourth-order valence-corrected chi connectivity index (χ4v) is 1.14. The first-order valence-electron chi connectivity index (χ1n) is 4.46. The molecule has 1 aromatic carbocycles. The van der Waals surface area contributed by atoms with Crippen LogP contribution in [0.3, 0.4) is 0 Å². The molecule has 0 bridgehead atoms. The van der Waals surface area contributed by atoms with Crippen LogP contribution in [0.25, 0.3) is 0 Å². The third-order valence-electron chi connectivity index (χ3n) is 1.67. The lowest BCUT2D eigenvalue weighted by molar-refractivity contribution is 0.195. The molecule has 0 aliphatic heterocycles. The summed E-state index contributed by atoms with van der Waals surface area (Å²) in [5, 5.41) is 11.2. The maximum absolute atomic E-state index is 11.1. The second-order valence-electron chi connectivity index (χ2n) is 2.97. The number of nitrogens with one attached hydrogen (secondary N) is 1. The van der Waals surface area contributed by atoms with Crippen LogP contribution < -0.4 is 10.1 Å². The highest BCUT2D eigenvalue weighted by Gasteiger charge is 2.07. The fraction of sp³-hybridized carbons (Fsp3) is 0.300. The summed E-state index contributed by atoms with van der Waals surface area (Å²) in [5.74, 6) is 0.312. The van der Waals surface area contributed by atoms with Crippen molar-refractivity contribution >= 4 is 17.7 Å². The molecule has 0 saturated heterocycles. The van der Waals surface area contributed by atoms with E-state index in [1.807, 2.05) is 13.0 Å². The van der Waals surface area contributed by atoms with E-state index >= 15 is 0 Å². The van der Waals surface area contributed by atoms with E-state index in [2.05, 4.69) is 5.32 Å². The Morgan fingerprint density at radius 1 is 1.60 bits per heavy atom. The Balaban J connectivity index is 2.63. The number of halogens is 1. The summed E-state index contributed by atoms with van der Waals surface area (Å²) in [6, 6.07) is 5.15. The Bertz CT molecular complexity index is 355. The monoisotopic (exact) mass is 229 g/mol. The van der Waals surface area contributed by atoms with Crippen molar-refractivity contribution in [3.63, 3.8) is 0 Å². The first-order chi connectivity index (χ1) is 7.13. The van der Waals surface area contributed by atoms with E-state index in [0.29, 0.717) is 10.8 Å². The molecule has 0 aliphatic carbocycles. The van der Waals surface area contributed by atoms with Gasteiger partial charge in [0.15, 0.2) is 5.75 Å². The number of hydrogen-bond donors (Lipinski definition) is 2. The van der Waals surface area contributed by atoms with Crippen LogP contribution in [0.1, 0.15) is 5.56 Å². The van der Waals surface area contributed by atoms with Gasteiger partial charge < -0.3 is 15.2 Å². The number of aryl methyl sites for hydroxylation is 1. The average Bonchev–Trinajstić information content (AvgIpc) is 2.20. The van der Waals surface area contributed by atoms with Crippen LogP contribution in [0.5, 0.6) is 5.75 Å². The van der Waals surface area contributed by atoms with Gasteiger partial charge in [-0.25, -0.2) is 4.79 Å². The van der Waals surface area contributed by atoms with Crippen molar-refractivity contribution in [2.75, 3.05) is 13.2 Å². The van der Waals surface area contributed by atoms with Crippen molar-refractivity contribution in [3.8, 4) is 5.75 Å². The maximum atomic E-state index is 11.1. The lowest BCUT2D eigenvalue weighted by atomic mass is 10.2. The molecule has 1 amide bonds. The van der Waals surface area contributed by atoms with Gasteiger partial charge in [-0.15, -0.1) is 0 Å². The topological polar surface area (TPSA) is 58.6 Å². The van der Waals surface area contributed by atoms with Crippen LogP contribution >= 0.6 is 11.6 Å². The van der Waals surface area contributed by atoms with Crippen molar-refractivity contribution < 1.29 is 14.6 Å². The van der Waals surface area contributed by atoms with Gasteiger partial charge in [0.25, 0.3) is 0 Å². The predicted molar refractivity (Wildman–Crippen MR) is 57.3 cm³/mol. The molecule has 0 heterocycles. The largest absolute Gasteiger partial charge is 0.412 e. The minimum atomic E-state index is -0.628. The zero-order chi connectivity index (χ0) is 11.3. The molecule has 0 fully saturated rings. The first-order valence-corrected chi connectivity index (χ1v) is 4.84. The number of ether oxygens (including phenoxy) is 1. The zero-order valence-corrected chi connectivity index (χ0v) is 9.04. The van der Waals surface area contributed by atoms with Gasteiger partial charge in [0.05, 0.1) is 11.6 Å². The standard InChI is InChI=1S/C10H12ClNO3/c1-7-2-3-8(11)9(6-7)15-10(14)12-4-5-13/h2-3,6,13H,4-5H2,1H3,(H,12,14). The molecule has 82 valence electrons. The molecule has 0 unspecified atom stereocenters. The molecule has 0 saturated carbocycles. The Morgan fingerprint density at radius 3 is 3.00 bits per heavy atom. The lowest BCUT2D eigenvalue weighted by Crippen LogP contribution is -2.29. The predicted octanol–water partition coefficient (Wildman–Crippen LogP) is 1.73. The molecule has 0 spiro atoms. The minimum Gasteiger partial charge on any atom is -0.409 e. The lowest BCUT2D eigenvalue weighted by Gasteiger charge is -2.07. The van der Waals surface area contributed by atoms with Crippen molar-refractivity contribution in [1.82, 2.24) is 5.32 Å². The summed E-state index contributed by atoms with van der Waals surface area (Å²) in [5.41, 5.74) is 0.948. The van der Waals surface area contributed by atoms with Crippen LogP contribution in [0, 0.1) is 6.92 Å². The molecule has 0 aromatic heterocycles. The zero-order valence-electron chi connectivity index (χ0n) is 8.29. The Morgan fingerprint density at radius 2 is 2.33 bits per heavy atom. The molecule has 0 aliphatic rings. The van der Waals surface area contributed by atoms with Gasteiger partial charge >= 0.3 is 6.09 Å². The van der Waals surface area contributed by atoms with Crippen LogP contribution in [-0.4, -0.2) is 24.4 Å². The molecule has 1 aromatic rings. The van der Waals surface area contributed by atoms with Crippen molar-refractivity contribution in [3.05, 3.63) is 28.8 Å². The van der Waals surface area contributed by atoms with E-state index < -0.39 is 6.09 Å². The van der Waals surface area contributed by atoms with Gasteiger partial charge in [0.2, 0.25) is 0 Å². The third kappa shape index (κ3) is 3.77. The quantitative estimate of drug-likeness (QED) is 0.830. The Labute approximate surface area is 92.8 Å². The van der Waals surface area contributed by atoms with Crippen LogP contribution in [-0.2, 0) is 0 Å². The van der Waals surface area contributed by atoms with E-state index in [9.17, 15) is 4.79 Å². The summed E-state index contributed by atoms with van der Waals surface area (Å²) in [7, 11) is 0. The van der Waals surface area contributed by atoms with Gasteiger partial charge in [-0.2, -0.15) is 0 Å². The van der Waals surface area contributed by atoms with Gasteiger partial charge in [0, 0.05) is 6.54 Å². The molecule has 2 N–H and O–H groups in total. The normalized spacial score (nSPS) is 9.80. The molecule has 5 heteroatoms. The van der Waals surface area contributed by atoms with Gasteiger partial charge in [-0.3, -0.25) is 0 Å². The molecule has 4 nitrogen and oxygen atoms in total. The van der Waals surface area contributed by atoms with E-state index in [-0.39, 0.29) is 13.2 Å². The van der Waals surface area contributed by atoms with E-state index in [1.165, 1.54) is 0 Å². The molecule has 0 atom stereocenters. The Kier molecular flexibility index (Phi) is 4.39. The summed E-state index contributed by atoms with van der Waals surface area (Å²) < 4.78 is 4.93. The van der Waals surface area contributed by atoms with Crippen LogP contribution in [0.15, 0.2) is 18.2 Å². The third-order valence-corrected chi connectivity index (χ3v) is 1.98. The number of hydrogen-bond acceptors (Lipinski definition) is 3. The summed E-state index contributed by atoms with van der Waals surface area (Å²) in [6.07, 6.45) is -0.628. The second-order valence-corrected chi connectivity index (χ2v) is 3.38. The number of carbonyl (C=O) groups excluding carboxylic acids is 1. The Hall–Kier alpha value is -1.26. The molecule has 1 rings (SSSR count). The number of amides is 1. The molecule has 0 radical (unpaired) electrons. The number of carbonyl (C=O) groups is 1. The number of rotatable bonds is 3. The number of aliphatic hydroxyl groups excluding tert-OH is 1. The highest BCUT2D eigenvalue weighted by atomic mass is 35.5. The SMILES string of the molecule is Cc1ccc(Cl)c(OC(=O)NCCO)c1. The number of benzene rings is 1. The van der Waals surface area contributed by atoms with Crippen LogP contribution in [0.2, 0.25) is 5.02 Å². The summed E-state index contributed by atoms with van der Waals surface area (Å²) in [4.78, 5) is 11.1. The molecular formula is C10H12ClNO3. The van der Waals surface area contributed by atoms with Crippen molar-refractivity contribution in [2.45, 2.75) is 6.92 Å². The maximum Gasteiger partial charge on any atom is 0.412 e. The number of aliphatic hydroxyl groups is 1. The highest BCUT2D eigenvalue weighted by molar-refractivity contribution is 6.32. The summed E-state index contributed by atoms with van der Waals surface area (Å²) >= 11 is 5.82. The van der Waals surface area contributed by atoms with Gasteiger partial charge in [-0.1, -0.05) is 17.7 Å². The first kappa shape index (κ1) is 11.8. The highest BCUT2D eigenvalue weighted by Crippen LogP contribution is 2.25. The van der Waals surface area contributed by atoms with Crippen molar-refractivity contribution in [1.29, 1.82) is 0 Å². The van der Waals surface area contributed by atoms with E-state index in [4.69, 9.17) is 21.4 Å².